The molecule has 3 rings (SSSR count). The summed E-state index contributed by atoms with van der Waals surface area (Å²) in [5.41, 5.74) is 2.48. The van der Waals surface area contributed by atoms with Gasteiger partial charge in [-0.25, -0.2) is 4.39 Å². The van der Waals surface area contributed by atoms with Gasteiger partial charge in [0.15, 0.2) is 0 Å². The summed E-state index contributed by atoms with van der Waals surface area (Å²) in [7, 11) is 1.88. The number of aryl methyl sites for hydroxylation is 2. The first-order chi connectivity index (χ1) is 13.4. The molecular weight excluding hydrogens is 357 g/mol. The number of rotatable bonds is 7. The van der Waals surface area contributed by atoms with Crippen LogP contribution in [0, 0.1) is 25.6 Å². The van der Waals surface area contributed by atoms with Crippen LogP contribution in [-0.2, 0) is 17.6 Å². The van der Waals surface area contributed by atoms with E-state index in [1.165, 1.54) is 6.07 Å². The Morgan fingerprint density at radius 1 is 1.29 bits per heavy atom. The molecule has 0 unspecified atom stereocenters. The number of carbonyl (C=O) groups is 1. The molecule has 1 aromatic carbocycles. The van der Waals surface area contributed by atoms with E-state index in [2.05, 4.69) is 10.1 Å². The Labute approximate surface area is 166 Å². The van der Waals surface area contributed by atoms with E-state index in [-0.39, 0.29) is 11.7 Å². The highest BCUT2D eigenvalue weighted by Crippen LogP contribution is 2.20. The van der Waals surface area contributed by atoms with Crippen LogP contribution in [0.3, 0.4) is 0 Å². The summed E-state index contributed by atoms with van der Waals surface area (Å²) in [6.45, 7) is 7.39. The minimum atomic E-state index is -0.115. The third-order valence-corrected chi connectivity index (χ3v) is 5.83. The zero-order valence-corrected chi connectivity index (χ0v) is 17.1. The predicted molar refractivity (Wildman–Crippen MR) is 107 cm³/mol. The monoisotopic (exact) mass is 387 g/mol. The summed E-state index contributed by atoms with van der Waals surface area (Å²) in [6.07, 6.45) is 3.23. The molecule has 0 saturated carbocycles. The Hall–Kier alpha value is -2.21. The number of nitrogens with zero attached hydrogens (tertiary/aromatic N) is 3. The third kappa shape index (κ3) is 5.19. The number of hydrogen-bond acceptors (Lipinski definition) is 4. The summed E-state index contributed by atoms with van der Waals surface area (Å²) in [5, 5.41) is 3.92. The molecule has 6 heteroatoms. The number of likely N-dealkylation sites (tertiary alicyclic amines) is 1. The molecule has 1 fully saturated rings. The number of piperidine rings is 1. The first kappa shape index (κ1) is 20.5. The molecule has 0 radical (unpaired) electrons. The molecule has 0 bridgehead atoms. The third-order valence-electron chi connectivity index (χ3n) is 5.83. The molecule has 2 aromatic rings. The zero-order chi connectivity index (χ0) is 20.1. The lowest BCUT2D eigenvalue weighted by atomic mass is 9.95. The van der Waals surface area contributed by atoms with Gasteiger partial charge in [-0.2, -0.15) is 0 Å². The smallest absolute Gasteiger partial charge is 0.226 e. The molecule has 0 atom stereocenters. The standard InChI is InChI=1S/C22H30FN3O2/c1-16-20(17(2)28-24-16)14-22(27)25(3)15-18-8-11-26(12-9-18)13-10-19-6-4-5-7-21(19)23/h4-7,18H,8-15H2,1-3H3. The number of hydrogen-bond donors (Lipinski definition) is 0. The molecule has 1 aliphatic rings. The molecule has 1 aromatic heterocycles. The van der Waals surface area contributed by atoms with Crippen LogP contribution in [0.5, 0.6) is 0 Å². The molecule has 152 valence electrons. The van der Waals surface area contributed by atoms with Gasteiger partial charge in [-0.1, -0.05) is 23.4 Å². The van der Waals surface area contributed by atoms with Gasteiger partial charge in [-0.3, -0.25) is 4.79 Å². The van der Waals surface area contributed by atoms with Crippen LogP contribution in [0.1, 0.15) is 35.4 Å². The maximum absolute atomic E-state index is 13.7. The molecule has 1 aliphatic heterocycles. The van der Waals surface area contributed by atoms with Gasteiger partial charge in [0.2, 0.25) is 5.91 Å². The highest BCUT2D eigenvalue weighted by Gasteiger charge is 2.23. The lowest BCUT2D eigenvalue weighted by molar-refractivity contribution is -0.130. The van der Waals surface area contributed by atoms with E-state index < -0.39 is 0 Å². The van der Waals surface area contributed by atoms with Crippen LogP contribution in [0.4, 0.5) is 4.39 Å². The average Bonchev–Trinajstić information content (AvgIpc) is 3.00. The van der Waals surface area contributed by atoms with Crippen molar-refractivity contribution in [2.45, 2.75) is 39.5 Å². The Morgan fingerprint density at radius 3 is 2.64 bits per heavy atom. The maximum atomic E-state index is 13.7. The summed E-state index contributed by atoms with van der Waals surface area (Å²) in [6, 6.07) is 7.01. The van der Waals surface area contributed by atoms with Gasteiger partial charge >= 0.3 is 0 Å². The summed E-state index contributed by atoms with van der Waals surface area (Å²) in [4.78, 5) is 16.8. The fourth-order valence-electron chi connectivity index (χ4n) is 3.90. The van der Waals surface area contributed by atoms with E-state index in [9.17, 15) is 9.18 Å². The van der Waals surface area contributed by atoms with Crippen molar-refractivity contribution < 1.29 is 13.7 Å². The van der Waals surface area contributed by atoms with Crippen molar-refractivity contribution in [1.29, 1.82) is 0 Å². The largest absolute Gasteiger partial charge is 0.361 e. The summed E-state index contributed by atoms with van der Waals surface area (Å²) >= 11 is 0. The number of halogens is 1. The van der Waals surface area contributed by atoms with Crippen molar-refractivity contribution in [2.24, 2.45) is 5.92 Å². The zero-order valence-electron chi connectivity index (χ0n) is 17.1. The molecule has 5 nitrogen and oxygen atoms in total. The van der Waals surface area contributed by atoms with Crippen molar-refractivity contribution in [3.8, 4) is 0 Å². The number of amides is 1. The van der Waals surface area contributed by atoms with Crippen LogP contribution < -0.4 is 0 Å². The molecule has 0 aliphatic carbocycles. The van der Waals surface area contributed by atoms with E-state index in [0.717, 1.165) is 68.0 Å². The highest BCUT2D eigenvalue weighted by atomic mass is 19.1. The van der Waals surface area contributed by atoms with Crippen LogP contribution in [-0.4, -0.2) is 54.1 Å². The Morgan fingerprint density at radius 2 is 2.00 bits per heavy atom. The second-order valence-electron chi connectivity index (χ2n) is 7.88. The fraction of sp³-hybridized carbons (Fsp3) is 0.545. The van der Waals surface area contributed by atoms with E-state index in [1.54, 1.807) is 6.07 Å². The van der Waals surface area contributed by atoms with Crippen molar-refractivity contribution >= 4 is 5.91 Å². The van der Waals surface area contributed by atoms with Gasteiger partial charge < -0.3 is 14.3 Å². The van der Waals surface area contributed by atoms with E-state index in [4.69, 9.17) is 4.52 Å². The second-order valence-corrected chi connectivity index (χ2v) is 7.88. The molecule has 1 saturated heterocycles. The summed E-state index contributed by atoms with van der Waals surface area (Å²) in [5.74, 6) is 1.23. The Balaban J connectivity index is 1.41. The van der Waals surface area contributed by atoms with Gasteiger partial charge in [0, 0.05) is 25.7 Å². The van der Waals surface area contributed by atoms with E-state index in [1.807, 2.05) is 37.9 Å². The average molecular weight is 387 g/mol. The minimum Gasteiger partial charge on any atom is -0.361 e. The number of benzene rings is 1. The topological polar surface area (TPSA) is 49.6 Å². The van der Waals surface area contributed by atoms with Crippen LogP contribution in [0.15, 0.2) is 28.8 Å². The first-order valence-electron chi connectivity index (χ1n) is 10.1. The molecule has 0 spiro atoms. The van der Waals surface area contributed by atoms with Crippen molar-refractivity contribution in [2.75, 3.05) is 33.2 Å². The molecule has 0 N–H and O–H groups in total. The van der Waals surface area contributed by atoms with Crippen molar-refractivity contribution in [3.63, 3.8) is 0 Å². The quantitative estimate of drug-likeness (QED) is 0.731. The Kier molecular flexibility index (Phi) is 6.83. The van der Waals surface area contributed by atoms with Gasteiger partial charge in [-0.15, -0.1) is 0 Å². The first-order valence-corrected chi connectivity index (χ1v) is 10.1. The second kappa shape index (κ2) is 9.32. The normalized spacial score (nSPS) is 15.7. The predicted octanol–water partition coefficient (Wildman–Crippen LogP) is 3.39. The Bertz CT molecular complexity index is 777. The summed E-state index contributed by atoms with van der Waals surface area (Å²) < 4.78 is 18.9. The van der Waals surface area contributed by atoms with Gasteiger partial charge in [0.25, 0.3) is 0 Å². The number of aromatic nitrogens is 1. The van der Waals surface area contributed by atoms with Crippen LogP contribution in [0.25, 0.3) is 0 Å². The molecule has 28 heavy (non-hydrogen) atoms. The lowest BCUT2D eigenvalue weighted by Gasteiger charge is -2.34. The van der Waals surface area contributed by atoms with Gasteiger partial charge in [0.05, 0.1) is 12.1 Å². The van der Waals surface area contributed by atoms with E-state index >= 15 is 0 Å². The lowest BCUT2D eigenvalue weighted by Crippen LogP contribution is -2.40. The maximum Gasteiger partial charge on any atom is 0.226 e. The number of likely N-dealkylation sites (N-methyl/N-ethyl adjacent to an activating group) is 1. The minimum absolute atomic E-state index is 0.108. The molecule has 2 heterocycles. The highest BCUT2D eigenvalue weighted by molar-refractivity contribution is 5.79. The molecular formula is C22H30FN3O2. The van der Waals surface area contributed by atoms with Gasteiger partial charge in [0.1, 0.15) is 11.6 Å². The SMILES string of the molecule is Cc1noc(C)c1CC(=O)N(C)CC1CCN(CCc2ccccc2F)CC1. The van der Waals surface area contributed by atoms with Crippen LogP contribution >= 0.6 is 0 Å². The van der Waals surface area contributed by atoms with Crippen molar-refractivity contribution in [1.82, 2.24) is 15.0 Å². The van der Waals surface area contributed by atoms with E-state index in [0.29, 0.717) is 12.3 Å². The fourth-order valence-corrected chi connectivity index (χ4v) is 3.90. The van der Waals surface area contributed by atoms with Crippen molar-refractivity contribution in [3.05, 3.63) is 52.7 Å². The van der Waals surface area contributed by atoms with Crippen LogP contribution in [0.2, 0.25) is 0 Å². The molecule has 1 amide bonds. The van der Waals surface area contributed by atoms with Gasteiger partial charge in [-0.05, 0) is 63.7 Å². The number of carbonyl (C=O) groups excluding carboxylic acids is 1.